The molecule has 0 fully saturated rings. The molecule has 1 heterocycles. The van der Waals surface area contributed by atoms with Crippen molar-refractivity contribution < 1.29 is 9.53 Å². The predicted molar refractivity (Wildman–Crippen MR) is 68.8 cm³/mol. The van der Waals surface area contributed by atoms with Gasteiger partial charge in [-0.3, -0.25) is 0 Å². The summed E-state index contributed by atoms with van der Waals surface area (Å²) in [6.45, 7) is 4.10. The molecule has 88 valence electrons. The molecule has 2 aromatic rings. The Morgan fingerprint density at radius 2 is 2.12 bits per heavy atom. The summed E-state index contributed by atoms with van der Waals surface area (Å²) >= 11 is 0. The van der Waals surface area contributed by atoms with Crippen LogP contribution < -0.4 is 0 Å². The number of aromatic amines is 1. The topological polar surface area (TPSA) is 42.1 Å². The first-order valence-corrected chi connectivity index (χ1v) is 5.47. The molecule has 0 spiro atoms. The van der Waals surface area contributed by atoms with E-state index in [4.69, 9.17) is 0 Å². The highest BCUT2D eigenvalue weighted by atomic mass is 16.5. The van der Waals surface area contributed by atoms with Gasteiger partial charge in [0.15, 0.2) is 0 Å². The monoisotopic (exact) mass is 229 g/mol. The van der Waals surface area contributed by atoms with Gasteiger partial charge in [0, 0.05) is 22.7 Å². The van der Waals surface area contributed by atoms with Crippen LogP contribution in [-0.2, 0) is 9.53 Å². The van der Waals surface area contributed by atoms with E-state index >= 15 is 0 Å². The van der Waals surface area contributed by atoms with E-state index < -0.39 is 0 Å². The van der Waals surface area contributed by atoms with Gasteiger partial charge in [0.25, 0.3) is 0 Å². The van der Waals surface area contributed by atoms with Crippen molar-refractivity contribution in [2.45, 2.75) is 13.8 Å². The summed E-state index contributed by atoms with van der Waals surface area (Å²) in [7, 11) is 1.37. The lowest BCUT2D eigenvalue weighted by Crippen LogP contribution is -1.93. The molecule has 0 radical (unpaired) electrons. The zero-order chi connectivity index (χ0) is 12.4. The lowest BCUT2D eigenvalue weighted by atomic mass is 10.1. The zero-order valence-electron chi connectivity index (χ0n) is 10.2. The first-order valence-electron chi connectivity index (χ1n) is 5.47. The summed E-state index contributed by atoms with van der Waals surface area (Å²) < 4.78 is 4.57. The van der Waals surface area contributed by atoms with Crippen molar-refractivity contribution in [3.05, 3.63) is 41.1 Å². The number of aryl methyl sites for hydroxylation is 2. The molecule has 0 atom stereocenters. The number of fused-ring (bicyclic) bond motifs is 1. The van der Waals surface area contributed by atoms with Crippen molar-refractivity contribution in [3.63, 3.8) is 0 Å². The largest absolute Gasteiger partial charge is 0.466 e. The summed E-state index contributed by atoms with van der Waals surface area (Å²) in [4.78, 5) is 14.3. The highest BCUT2D eigenvalue weighted by Gasteiger charge is 2.05. The Kier molecular flexibility index (Phi) is 3.00. The van der Waals surface area contributed by atoms with Gasteiger partial charge in [-0.25, -0.2) is 4.79 Å². The second-order valence-electron chi connectivity index (χ2n) is 4.07. The molecule has 1 aromatic carbocycles. The van der Waals surface area contributed by atoms with Crippen molar-refractivity contribution in [2.24, 2.45) is 0 Å². The van der Waals surface area contributed by atoms with Crippen molar-refractivity contribution in [1.29, 1.82) is 0 Å². The second-order valence-corrected chi connectivity index (χ2v) is 4.07. The minimum atomic E-state index is -0.348. The molecule has 17 heavy (non-hydrogen) atoms. The smallest absolute Gasteiger partial charge is 0.330 e. The lowest BCUT2D eigenvalue weighted by Gasteiger charge is -1.93. The number of benzene rings is 1. The fraction of sp³-hybridized carbons (Fsp3) is 0.214. The predicted octanol–water partition coefficient (Wildman–Crippen LogP) is 2.97. The molecule has 1 N–H and O–H groups in total. The molecule has 0 saturated heterocycles. The summed E-state index contributed by atoms with van der Waals surface area (Å²) in [5.74, 6) is -0.348. The minimum Gasteiger partial charge on any atom is -0.466 e. The van der Waals surface area contributed by atoms with Crippen molar-refractivity contribution in [3.8, 4) is 0 Å². The molecule has 0 amide bonds. The van der Waals surface area contributed by atoms with Crippen LogP contribution in [-0.4, -0.2) is 18.1 Å². The highest BCUT2D eigenvalue weighted by Crippen LogP contribution is 2.23. The molecule has 0 saturated carbocycles. The highest BCUT2D eigenvalue weighted by molar-refractivity contribution is 5.91. The maximum absolute atomic E-state index is 11.0. The van der Waals surface area contributed by atoms with Gasteiger partial charge in [-0.1, -0.05) is 11.6 Å². The first kappa shape index (κ1) is 11.5. The Bertz CT molecular complexity index is 594. The molecule has 0 aliphatic rings. The number of carbonyl (C=O) groups is 1. The third-order valence-electron chi connectivity index (χ3n) is 2.84. The van der Waals surface area contributed by atoms with Crippen LogP contribution in [0.1, 0.15) is 16.8 Å². The molecule has 3 nitrogen and oxygen atoms in total. The van der Waals surface area contributed by atoms with Crippen LogP contribution >= 0.6 is 0 Å². The lowest BCUT2D eigenvalue weighted by molar-refractivity contribution is -0.134. The van der Waals surface area contributed by atoms with Crippen LogP contribution in [0.25, 0.3) is 17.0 Å². The molecule has 0 unspecified atom stereocenters. The molecule has 0 bridgehead atoms. The Labute approximate surface area is 100 Å². The number of carbonyl (C=O) groups excluding carboxylic acids is 1. The Morgan fingerprint density at radius 3 is 2.82 bits per heavy atom. The van der Waals surface area contributed by atoms with Crippen molar-refractivity contribution >= 4 is 22.9 Å². The standard InChI is InChI=1S/C14H15NO2/c1-9-4-5-13-11(8-9)10(2)12(15-13)6-7-14(16)17-3/h4-8,15H,1-3H3/b7-6+. The van der Waals surface area contributed by atoms with E-state index in [0.29, 0.717) is 0 Å². The van der Waals surface area contributed by atoms with Gasteiger partial charge in [-0.05, 0) is 37.6 Å². The van der Waals surface area contributed by atoms with Gasteiger partial charge in [0.1, 0.15) is 0 Å². The van der Waals surface area contributed by atoms with E-state index in [9.17, 15) is 4.79 Å². The average molecular weight is 229 g/mol. The van der Waals surface area contributed by atoms with Gasteiger partial charge in [-0.15, -0.1) is 0 Å². The number of aromatic nitrogens is 1. The molecule has 2 rings (SSSR count). The summed E-state index contributed by atoms with van der Waals surface area (Å²) in [5.41, 5.74) is 4.39. The van der Waals surface area contributed by atoms with E-state index in [2.05, 4.69) is 28.8 Å². The number of rotatable bonds is 2. The number of methoxy groups -OCH3 is 1. The normalized spacial score (nSPS) is 11.2. The van der Waals surface area contributed by atoms with Crippen LogP contribution in [0.3, 0.4) is 0 Å². The third-order valence-corrected chi connectivity index (χ3v) is 2.84. The van der Waals surface area contributed by atoms with Crippen molar-refractivity contribution in [1.82, 2.24) is 4.98 Å². The molecule has 3 heteroatoms. The summed E-state index contributed by atoms with van der Waals surface area (Å²) in [5, 5.41) is 1.19. The number of hydrogen-bond donors (Lipinski definition) is 1. The fourth-order valence-corrected chi connectivity index (χ4v) is 1.85. The quantitative estimate of drug-likeness (QED) is 0.635. The maximum Gasteiger partial charge on any atom is 0.330 e. The maximum atomic E-state index is 11.0. The van der Waals surface area contributed by atoms with Crippen LogP contribution in [0.4, 0.5) is 0 Å². The Morgan fingerprint density at radius 1 is 1.35 bits per heavy atom. The fourth-order valence-electron chi connectivity index (χ4n) is 1.85. The van der Waals surface area contributed by atoms with Crippen LogP contribution in [0, 0.1) is 13.8 Å². The average Bonchev–Trinajstić information content (AvgIpc) is 2.63. The zero-order valence-corrected chi connectivity index (χ0v) is 10.2. The van der Waals surface area contributed by atoms with Crippen molar-refractivity contribution in [2.75, 3.05) is 7.11 Å². The summed E-state index contributed by atoms with van der Waals surface area (Å²) in [6, 6.07) is 6.25. The number of nitrogens with one attached hydrogen (secondary N) is 1. The number of hydrogen-bond acceptors (Lipinski definition) is 2. The van der Waals surface area contributed by atoms with Crippen LogP contribution in [0.2, 0.25) is 0 Å². The molecular formula is C14H15NO2. The molecule has 0 aliphatic heterocycles. The van der Waals surface area contributed by atoms with E-state index in [-0.39, 0.29) is 5.97 Å². The van der Waals surface area contributed by atoms with E-state index in [1.807, 2.05) is 13.0 Å². The van der Waals surface area contributed by atoms with E-state index in [1.54, 1.807) is 6.08 Å². The SMILES string of the molecule is COC(=O)/C=C/c1[nH]c2ccc(C)cc2c1C. The van der Waals surface area contributed by atoms with Gasteiger partial charge >= 0.3 is 5.97 Å². The number of ether oxygens (including phenoxy) is 1. The molecule has 0 aliphatic carbocycles. The number of esters is 1. The Hall–Kier alpha value is -2.03. The third kappa shape index (κ3) is 2.23. The van der Waals surface area contributed by atoms with E-state index in [0.717, 1.165) is 16.8 Å². The molecular weight excluding hydrogens is 214 g/mol. The molecule has 1 aromatic heterocycles. The van der Waals surface area contributed by atoms with Gasteiger partial charge in [0.2, 0.25) is 0 Å². The Balaban J connectivity index is 2.46. The minimum absolute atomic E-state index is 0.348. The van der Waals surface area contributed by atoms with Crippen LogP contribution in [0.15, 0.2) is 24.3 Å². The number of H-pyrrole nitrogens is 1. The summed E-state index contributed by atoms with van der Waals surface area (Å²) in [6.07, 6.45) is 3.17. The van der Waals surface area contributed by atoms with Gasteiger partial charge in [0.05, 0.1) is 7.11 Å². The second kappa shape index (κ2) is 4.45. The van der Waals surface area contributed by atoms with Gasteiger partial charge in [-0.2, -0.15) is 0 Å². The first-order chi connectivity index (χ1) is 8.11. The van der Waals surface area contributed by atoms with E-state index in [1.165, 1.54) is 24.1 Å². The van der Waals surface area contributed by atoms with Gasteiger partial charge < -0.3 is 9.72 Å². The van der Waals surface area contributed by atoms with Crippen LogP contribution in [0.5, 0.6) is 0 Å².